The van der Waals surface area contributed by atoms with Gasteiger partial charge in [0.25, 0.3) is 11.6 Å². The number of nitrogens with one attached hydrogen (secondary N) is 2. The third kappa shape index (κ3) is 3.16. The number of carbonyl (C=O) groups is 1. The fraction of sp³-hybridized carbons (Fsp3) is 0.231. The van der Waals surface area contributed by atoms with Gasteiger partial charge in [-0.05, 0) is 25.0 Å². The number of nitro groups is 1. The normalized spacial score (nSPS) is 13.7. The van der Waals surface area contributed by atoms with Crippen LogP contribution in [0.4, 0.5) is 16.5 Å². The SMILES string of the molecule is O=C(Nc1nccs1)c1ccc(NC2CC2)c([N+](=O)[O-])c1. The highest BCUT2D eigenvalue weighted by atomic mass is 32.1. The summed E-state index contributed by atoms with van der Waals surface area (Å²) >= 11 is 1.29. The minimum absolute atomic E-state index is 0.0892. The predicted octanol–water partition coefficient (Wildman–Crippen LogP) is 2.88. The van der Waals surface area contributed by atoms with Crippen LogP contribution in [0.25, 0.3) is 0 Å². The molecule has 1 aliphatic rings. The molecule has 1 heterocycles. The molecule has 2 N–H and O–H groups in total. The van der Waals surface area contributed by atoms with E-state index in [1.165, 1.54) is 17.4 Å². The minimum atomic E-state index is -0.481. The first-order valence-corrected chi connectivity index (χ1v) is 7.27. The summed E-state index contributed by atoms with van der Waals surface area (Å²) < 4.78 is 0. The van der Waals surface area contributed by atoms with E-state index in [0.717, 1.165) is 12.8 Å². The quantitative estimate of drug-likeness (QED) is 0.654. The van der Waals surface area contributed by atoms with E-state index in [4.69, 9.17) is 0 Å². The maximum atomic E-state index is 12.0. The van der Waals surface area contributed by atoms with Crippen molar-refractivity contribution in [1.29, 1.82) is 0 Å². The molecule has 0 unspecified atom stereocenters. The highest BCUT2D eigenvalue weighted by molar-refractivity contribution is 7.13. The highest BCUT2D eigenvalue weighted by Gasteiger charge is 2.25. The molecule has 0 radical (unpaired) electrons. The number of hydrogen-bond acceptors (Lipinski definition) is 6. The van der Waals surface area contributed by atoms with Crippen LogP contribution >= 0.6 is 11.3 Å². The van der Waals surface area contributed by atoms with E-state index in [1.807, 2.05) is 0 Å². The monoisotopic (exact) mass is 304 g/mol. The number of carbonyl (C=O) groups excluding carboxylic acids is 1. The summed E-state index contributed by atoms with van der Waals surface area (Å²) in [5, 5.41) is 19.0. The minimum Gasteiger partial charge on any atom is -0.377 e. The van der Waals surface area contributed by atoms with Crippen LogP contribution in [0.3, 0.4) is 0 Å². The number of hydrogen-bond donors (Lipinski definition) is 2. The first kappa shape index (κ1) is 13.5. The third-order valence-electron chi connectivity index (χ3n) is 3.05. The predicted molar refractivity (Wildman–Crippen MR) is 79.8 cm³/mol. The third-order valence-corrected chi connectivity index (χ3v) is 3.73. The lowest BCUT2D eigenvalue weighted by molar-refractivity contribution is -0.384. The molecule has 2 aromatic rings. The second kappa shape index (κ2) is 5.49. The number of aromatic nitrogens is 1. The maximum absolute atomic E-state index is 12.0. The molecular formula is C13H12N4O3S. The van der Waals surface area contributed by atoms with Crippen LogP contribution in [0, 0.1) is 10.1 Å². The average molecular weight is 304 g/mol. The Hall–Kier alpha value is -2.48. The van der Waals surface area contributed by atoms with E-state index in [9.17, 15) is 14.9 Å². The van der Waals surface area contributed by atoms with Crippen molar-refractivity contribution < 1.29 is 9.72 Å². The van der Waals surface area contributed by atoms with E-state index < -0.39 is 10.8 Å². The van der Waals surface area contributed by atoms with Gasteiger partial charge in [0.2, 0.25) is 0 Å². The Morgan fingerprint density at radius 3 is 2.86 bits per heavy atom. The van der Waals surface area contributed by atoms with Crippen LogP contribution in [0.1, 0.15) is 23.2 Å². The zero-order valence-corrected chi connectivity index (χ0v) is 11.7. The molecule has 0 bridgehead atoms. The van der Waals surface area contributed by atoms with Gasteiger partial charge >= 0.3 is 0 Å². The Labute approximate surface area is 124 Å². The summed E-state index contributed by atoms with van der Waals surface area (Å²) in [6.45, 7) is 0. The van der Waals surface area contributed by atoms with Gasteiger partial charge in [-0.3, -0.25) is 20.2 Å². The fourth-order valence-corrected chi connectivity index (χ4v) is 2.37. The Morgan fingerprint density at radius 1 is 1.43 bits per heavy atom. The number of amides is 1. The zero-order chi connectivity index (χ0) is 14.8. The topological polar surface area (TPSA) is 97.2 Å². The van der Waals surface area contributed by atoms with Gasteiger partial charge in [-0.25, -0.2) is 4.98 Å². The van der Waals surface area contributed by atoms with Gasteiger partial charge in [-0.15, -0.1) is 11.3 Å². The molecule has 1 aromatic heterocycles. The van der Waals surface area contributed by atoms with Crippen LogP contribution in [0.2, 0.25) is 0 Å². The van der Waals surface area contributed by atoms with E-state index in [2.05, 4.69) is 15.6 Å². The van der Waals surface area contributed by atoms with E-state index in [0.29, 0.717) is 16.9 Å². The maximum Gasteiger partial charge on any atom is 0.293 e. The second-order valence-corrected chi connectivity index (χ2v) is 5.59. The molecule has 0 atom stereocenters. The van der Waals surface area contributed by atoms with E-state index in [1.54, 1.807) is 23.7 Å². The molecule has 7 nitrogen and oxygen atoms in total. The number of nitrogens with zero attached hydrogens (tertiary/aromatic N) is 2. The Morgan fingerprint density at radius 2 is 2.24 bits per heavy atom. The lowest BCUT2D eigenvalue weighted by atomic mass is 10.1. The fourth-order valence-electron chi connectivity index (χ4n) is 1.85. The van der Waals surface area contributed by atoms with Crippen molar-refractivity contribution in [3.63, 3.8) is 0 Å². The molecule has 1 aromatic carbocycles. The second-order valence-electron chi connectivity index (χ2n) is 4.70. The molecule has 8 heteroatoms. The lowest BCUT2D eigenvalue weighted by Gasteiger charge is -2.07. The molecule has 0 spiro atoms. The summed E-state index contributed by atoms with van der Waals surface area (Å²) in [6.07, 6.45) is 3.61. The van der Waals surface area contributed by atoms with Crippen molar-refractivity contribution in [1.82, 2.24) is 4.98 Å². The van der Waals surface area contributed by atoms with Gasteiger partial charge in [-0.2, -0.15) is 0 Å². The van der Waals surface area contributed by atoms with E-state index >= 15 is 0 Å². The van der Waals surface area contributed by atoms with Crippen molar-refractivity contribution in [3.05, 3.63) is 45.5 Å². The molecule has 21 heavy (non-hydrogen) atoms. The first-order chi connectivity index (χ1) is 10.1. The van der Waals surface area contributed by atoms with Gasteiger partial charge in [-0.1, -0.05) is 0 Å². The van der Waals surface area contributed by atoms with Crippen molar-refractivity contribution in [2.45, 2.75) is 18.9 Å². The van der Waals surface area contributed by atoms with Crippen molar-refractivity contribution in [2.24, 2.45) is 0 Å². The molecule has 1 aliphatic carbocycles. The highest BCUT2D eigenvalue weighted by Crippen LogP contribution is 2.31. The number of benzene rings is 1. The molecule has 0 saturated heterocycles. The van der Waals surface area contributed by atoms with Gasteiger partial charge in [0.15, 0.2) is 5.13 Å². The Kier molecular flexibility index (Phi) is 3.53. The molecule has 1 saturated carbocycles. The Bertz CT molecular complexity index is 683. The molecule has 1 amide bonds. The smallest absolute Gasteiger partial charge is 0.293 e. The molecule has 1 fully saturated rings. The van der Waals surface area contributed by atoms with Crippen molar-refractivity contribution >= 4 is 33.8 Å². The number of nitro benzene ring substituents is 1. The van der Waals surface area contributed by atoms with Crippen LogP contribution in [0.5, 0.6) is 0 Å². The average Bonchev–Trinajstić information content (AvgIpc) is 3.13. The van der Waals surface area contributed by atoms with Gasteiger partial charge in [0.1, 0.15) is 5.69 Å². The summed E-state index contributed by atoms with van der Waals surface area (Å²) in [5.41, 5.74) is 0.597. The molecular weight excluding hydrogens is 292 g/mol. The van der Waals surface area contributed by atoms with Gasteiger partial charge < -0.3 is 5.32 Å². The van der Waals surface area contributed by atoms with Crippen molar-refractivity contribution in [2.75, 3.05) is 10.6 Å². The van der Waals surface area contributed by atoms with Crippen LogP contribution in [-0.4, -0.2) is 21.9 Å². The van der Waals surface area contributed by atoms with Gasteiger partial charge in [0.05, 0.1) is 4.92 Å². The molecule has 108 valence electrons. The number of thiazole rings is 1. The standard InChI is InChI=1S/C13H12N4O3S/c18-12(16-13-14-5-6-21-13)8-1-4-10(15-9-2-3-9)11(7-8)17(19)20/h1,4-7,9,15H,2-3H2,(H,14,16,18). The lowest BCUT2D eigenvalue weighted by Crippen LogP contribution is -2.13. The molecule has 3 rings (SSSR count). The summed E-state index contributed by atoms with van der Waals surface area (Å²) in [7, 11) is 0. The number of anilines is 2. The largest absolute Gasteiger partial charge is 0.377 e. The summed E-state index contributed by atoms with van der Waals surface area (Å²) in [6, 6.07) is 4.74. The van der Waals surface area contributed by atoms with Crippen LogP contribution in [-0.2, 0) is 0 Å². The zero-order valence-electron chi connectivity index (χ0n) is 10.9. The number of rotatable bonds is 5. The summed E-state index contributed by atoms with van der Waals surface area (Å²) in [5.74, 6) is -0.411. The molecule has 0 aliphatic heterocycles. The Balaban J connectivity index is 1.83. The van der Waals surface area contributed by atoms with Gasteiger partial charge in [0, 0.05) is 29.2 Å². The van der Waals surface area contributed by atoms with Crippen LogP contribution < -0.4 is 10.6 Å². The summed E-state index contributed by atoms with van der Waals surface area (Å²) in [4.78, 5) is 26.6. The van der Waals surface area contributed by atoms with Crippen molar-refractivity contribution in [3.8, 4) is 0 Å². The van der Waals surface area contributed by atoms with E-state index in [-0.39, 0.29) is 11.3 Å². The first-order valence-electron chi connectivity index (χ1n) is 6.39. The van der Waals surface area contributed by atoms with Crippen LogP contribution in [0.15, 0.2) is 29.8 Å².